The number of sulfonamides is 1. The number of non-ortho nitro benzene ring substituents is 1. The maximum atomic E-state index is 11.8. The molecule has 0 spiro atoms. The van der Waals surface area contributed by atoms with Crippen molar-refractivity contribution in [2.75, 3.05) is 0 Å². The molecular weight excluding hydrogens is 276 g/mol. The summed E-state index contributed by atoms with van der Waals surface area (Å²) in [5, 5.41) is 19.0. The molecule has 19 heavy (non-hydrogen) atoms. The molecule has 0 aliphatic carbocycles. The Morgan fingerprint density at radius 3 is 2.37 bits per heavy atom. The lowest BCUT2D eigenvalue weighted by molar-refractivity contribution is -0.384. The van der Waals surface area contributed by atoms with Gasteiger partial charge in [-0.1, -0.05) is 0 Å². The quantitative estimate of drug-likeness (QED) is 0.587. The summed E-state index contributed by atoms with van der Waals surface area (Å²) in [6.45, 7) is 1.41. The Hall–Kier alpha value is -2.00. The van der Waals surface area contributed by atoms with Crippen LogP contribution in [0.3, 0.4) is 0 Å². The Balaban J connectivity index is 2.88. The molecule has 1 aromatic carbocycles. The Morgan fingerprint density at radius 1 is 1.42 bits per heavy atom. The number of nitrogens with zero attached hydrogens (tertiary/aromatic N) is 1. The number of nitro benzene ring substituents is 1. The second kappa shape index (κ2) is 5.76. The molecule has 1 atom stereocenters. The highest BCUT2D eigenvalue weighted by atomic mass is 32.2. The summed E-state index contributed by atoms with van der Waals surface area (Å²) < 4.78 is 25.8. The van der Waals surface area contributed by atoms with Gasteiger partial charge in [0.15, 0.2) is 0 Å². The summed E-state index contributed by atoms with van der Waals surface area (Å²) in [4.78, 5) is 20.1. The molecule has 1 aromatic rings. The maximum absolute atomic E-state index is 11.8. The van der Waals surface area contributed by atoms with E-state index in [9.17, 15) is 23.3 Å². The number of nitrogens with one attached hydrogen (secondary N) is 1. The van der Waals surface area contributed by atoms with Crippen LogP contribution in [0.15, 0.2) is 29.2 Å². The molecule has 0 aromatic heterocycles. The lowest BCUT2D eigenvalue weighted by atomic mass is 10.3. The van der Waals surface area contributed by atoms with Crippen molar-refractivity contribution in [1.82, 2.24) is 4.72 Å². The number of carbonyl (C=O) groups is 1. The Labute approximate surface area is 109 Å². The maximum Gasteiger partial charge on any atom is 0.304 e. The Bertz CT molecular complexity index is 581. The summed E-state index contributed by atoms with van der Waals surface area (Å²) in [5.74, 6) is -1.13. The predicted molar refractivity (Wildman–Crippen MR) is 65.1 cm³/mol. The zero-order chi connectivity index (χ0) is 14.6. The van der Waals surface area contributed by atoms with Gasteiger partial charge in [-0.25, -0.2) is 13.1 Å². The Kier molecular flexibility index (Phi) is 4.57. The van der Waals surface area contributed by atoms with Crippen LogP contribution in [0.4, 0.5) is 5.69 Å². The van der Waals surface area contributed by atoms with Gasteiger partial charge in [-0.3, -0.25) is 14.9 Å². The molecule has 1 rings (SSSR count). The number of hydrogen-bond donors (Lipinski definition) is 2. The lowest BCUT2D eigenvalue weighted by Gasteiger charge is -2.11. The SMILES string of the molecule is CC(CC(=O)O)NS(=O)(=O)c1ccc([N+](=O)[O-])cc1. The van der Waals surface area contributed by atoms with Gasteiger partial charge in [0.25, 0.3) is 5.69 Å². The van der Waals surface area contributed by atoms with E-state index in [2.05, 4.69) is 4.72 Å². The lowest BCUT2D eigenvalue weighted by Crippen LogP contribution is -2.34. The fourth-order valence-electron chi connectivity index (χ4n) is 1.38. The van der Waals surface area contributed by atoms with Gasteiger partial charge >= 0.3 is 5.97 Å². The highest BCUT2D eigenvalue weighted by molar-refractivity contribution is 7.89. The molecule has 0 aliphatic heterocycles. The van der Waals surface area contributed by atoms with Gasteiger partial charge in [-0.15, -0.1) is 0 Å². The molecule has 2 N–H and O–H groups in total. The molecule has 9 heteroatoms. The minimum atomic E-state index is -3.88. The van der Waals surface area contributed by atoms with E-state index in [1.807, 2.05) is 0 Å². The van der Waals surface area contributed by atoms with Crippen LogP contribution >= 0.6 is 0 Å². The van der Waals surface area contributed by atoms with E-state index in [4.69, 9.17) is 5.11 Å². The second-order valence-electron chi connectivity index (χ2n) is 3.87. The minimum absolute atomic E-state index is 0.157. The zero-order valence-corrected chi connectivity index (χ0v) is 10.8. The number of hydrogen-bond acceptors (Lipinski definition) is 5. The third-order valence-corrected chi connectivity index (χ3v) is 3.80. The van der Waals surface area contributed by atoms with Crippen molar-refractivity contribution in [3.05, 3.63) is 34.4 Å². The first-order valence-corrected chi connectivity index (χ1v) is 6.69. The number of carboxylic acid groups (broad SMARTS) is 1. The number of carboxylic acids is 1. The van der Waals surface area contributed by atoms with E-state index in [1.54, 1.807) is 0 Å². The highest BCUT2D eigenvalue weighted by Crippen LogP contribution is 2.16. The van der Waals surface area contributed by atoms with Crippen LogP contribution in [-0.4, -0.2) is 30.5 Å². The fraction of sp³-hybridized carbons (Fsp3) is 0.300. The average molecular weight is 288 g/mol. The van der Waals surface area contributed by atoms with Crippen molar-refractivity contribution >= 4 is 21.7 Å². The molecule has 0 heterocycles. The van der Waals surface area contributed by atoms with Crippen molar-refractivity contribution < 1.29 is 23.2 Å². The monoisotopic (exact) mass is 288 g/mol. The average Bonchev–Trinajstić information content (AvgIpc) is 2.27. The first kappa shape index (κ1) is 15.1. The van der Waals surface area contributed by atoms with E-state index in [-0.39, 0.29) is 17.0 Å². The molecular formula is C10H12N2O6S. The molecule has 8 nitrogen and oxygen atoms in total. The van der Waals surface area contributed by atoms with E-state index in [1.165, 1.54) is 6.92 Å². The molecule has 0 fully saturated rings. The number of benzene rings is 1. The minimum Gasteiger partial charge on any atom is -0.481 e. The van der Waals surface area contributed by atoms with Crippen molar-refractivity contribution in [2.24, 2.45) is 0 Å². The highest BCUT2D eigenvalue weighted by Gasteiger charge is 2.19. The van der Waals surface area contributed by atoms with Gasteiger partial charge in [0.2, 0.25) is 10.0 Å². The summed E-state index contributed by atoms with van der Waals surface area (Å²) >= 11 is 0. The summed E-state index contributed by atoms with van der Waals surface area (Å²) in [5.41, 5.74) is -0.225. The van der Waals surface area contributed by atoms with Crippen molar-refractivity contribution in [3.63, 3.8) is 0 Å². The van der Waals surface area contributed by atoms with Gasteiger partial charge in [-0.2, -0.15) is 0 Å². The molecule has 1 unspecified atom stereocenters. The van der Waals surface area contributed by atoms with E-state index in [0.29, 0.717) is 0 Å². The van der Waals surface area contributed by atoms with Gasteiger partial charge in [0.05, 0.1) is 16.2 Å². The van der Waals surface area contributed by atoms with E-state index >= 15 is 0 Å². The number of rotatable bonds is 6. The van der Waals surface area contributed by atoms with Crippen molar-refractivity contribution in [3.8, 4) is 0 Å². The van der Waals surface area contributed by atoms with E-state index < -0.39 is 27.0 Å². The van der Waals surface area contributed by atoms with Gasteiger partial charge in [0, 0.05) is 18.2 Å². The molecule has 0 bridgehead atoms. The van der Waals surface area contributed by atoms with Crippen LogP contribution in [0.5, 0.6) is 0 Å². The number of aliphatic carboxylic acids is 1. The molecule has 0 radical (unpaired) electrons. The van der Waals surface area contributed by atoms with Gasteiger partial charge in [-0.05, 0) is 19.1 Å². The third-order valence-electron chi connectivity index (χ3n) is 2.19. The molecule has 0 saturated heterocycles. The smallest absolute Gasteiger partial charge is 0.304 e. The first-order chi connectivity index (χ1) is 8.72. The Morgan fingerprint density at radius 2 is 1.95 bits per heavy atom. The standard InChI is InChI=1S/C10H12N2O6S/c1-7(6-10(13)14)11-19(17,18)9-4-2-8(3-5-9)12(15)16/h2-5,7,11H,6H2,1H3,(H,13,14). The second-order valence-corrected chi connectivity index (χ2v) is 5.59. The van der Waals surface area contributed by atoms with Gasteiger partial charge in [0.1, 0.15) is 0 Å². The number of nitro groups is 1. The molecule has 0 saturated carbocycles. The molecule has 104 valence electrons. The summed E-state index contributed by atoms with van der Waals surface area (Å²) in [6, 6.07) is 3.53. The third kappa shape index (κ3) is 4.30. The van der Waals surface area contributed by atoms with Crippen LogP contribution < -0.4 is 4.72 Å². The summed E-state index contributed by atoms with van der Waals surface area (Å²) in [7, 11) is -3.88. The summed E-state index contributed by atoms with van der Waals surface area (Å²) in [6.07, 6.45) is -0.355. The predicted octanol–water partition coefficient (Wildman–Crippen LogP) is 0.736. The van der Waals surface area contributed by atoms with Crippen molar-refractivity contribution in [1.29, 1.82) is 0 Å². The van der Waals surface area contributed by atoms with Crippen LogP contribution in [0, 0.1) is 10.1 Å². The van der Waals surface area contributed by atoms with Crippen LogP contribution in [0.25, 0.3) is 0 Å². The first-order valence-electron chi connectivity index (χ1n) is 5.21. The van der Waals surface area contributed by atoms with E-state index in [0.717, 1.165) is 24.3 Å². The topological polar surface area (TPSA) is 127 Å². The van der Waals surface area contributed by atoms with Crippen molar-refractivity contribution in [2.45, 2.75) is 24.3 Å². The zero-order valence-electron chi connectivity index (χ0n) is 9.94. The molecule has 0 amide bonds. The largest absolute Gasteiger partial charge is 0.481 e. The van der Waals surface area contributed by atoms with Crippen LogP contribution in [0.1, 0.15) is 13.3 Å². The molecule has 0 aliphatic rings. The fourth-order valence-corrected chi connectivity index (χ4v) is 2.63. The van der Waals surface area contributed by atoms with Gasteiger partial charge < -0.3 is 5.11 Å². The normalized spacial score (nSPS) is 12.9. The van der Waals surface area contributed by atoms with Crippen LogP contribution in [-0.2, 0) is 14.8 Å². The van der Waals surface area contributed by atoms with Crippen LogP contribution in [0.2, 0.25) is 0 Å².